The summed E-state index contributed by atoms with van der Waals surface area (Å²) in [6.45, 7) is 0. The third kappa shape index (κ3) is 4.94. The van der Waals surface area contributed by atoms with E-state index in [2.05, 4.69) is 5.43 Å². The van der Waals surface area contributed by atoms with Crippen molar-refractivity contribution in [3.05, 3.63) is 34.9 Å². The van der Waals surface area contributed by atoms with Crippen molar-refractivity contribution in [3.63, 3.8) is 0 Å². The first-order valence-electron chi connectivity index (χ1n) is 4.79. The van der Waals surface area contributed by atoms with Crippen LogP contribution >= 0.6 is 11.6 Å². The molecule has 0 spiro atoms. The van der Waals surface area contributed by atoms with Crippen LogP contribution in [0.5, 0.6) is 0 Å². The van der Waals surface area contributed by atoms with Gasteiger partial charge in [0.25, 0.3) is 0 Å². The summed E-state index contributed by atoms with van der Waals surface area (Å²) in [4.78, 5) is 0. The maximum Gasteiger partial charge on any atom is 0.149 e. The quantitative estimate of drug-likeness (QED) is 0.607. The van der Waals surface area contributed by atoms with Crippen LogP contribution in [0.4, 0.5) is 0 Å². The van der Waals surface area contributed by atoms with E-state index in [0.717, 1.165) is 5.56 Å². The summed E-state index contributed by atoms with van der Waals surface area (Å²) in [5, 5.41) is 0.632. The number of nitrogens with two attached hydrogens (primary N) is 1. The molecule has 4 nitrogen and oxygen atoms in total. The number of sulfone groups is 1. The van der Waals surface area contributed by atoms with Crippen LogP contribution in [0.1, 0.15) is 5.56 Å². The van der Waals surface area contributed by atoms with Crippen LogP contribution in [-0.4, -0.2) is 26.5 Å². The topological polar surface area (TPSA) is 72.2 Å². The number of hydrogen-bond donors (Lipinski definition) is 2. The SMILES string of the molecule is CS(=O)(=O)CC(Cc1cccc(Cl)c1)NN. The summed E-state index contributed by atoms with van der Waals surface area (Å²) >= 11 is 5.83. The highest BCUT2D eigenvalue weighted by Gasteiger charge is 2.14. The van der Waals surface area contributed by atoms with E-state index in [1.165, 1.54) is 6.26 Å². The molecule has 0 aliphatic rings. The van der Waals surface area contributed by atoms with E-state index in [1.807, 2.05) is 12.1 Å². The molecule has 1 unspecified atom stereocenters. The smallest absolute Gasteiger partial charge is 0.149 e. The van der Waals surface area contributed by atoms with Gasteiger partial charge in [0.2, 0.25) is 0 Å². The molecular formula is C10H15ClN2O2S. The zero-order valence-corrected chi connectivity index (χ0v) is 10.6. The summed E-state index contributed by atoms with van der Waals surface area (Å²) in [6, 6.07) is 6.98. The van der Waals surface area contributed by atoms with Crippen molar-refractivity contribution in [3.8, 4) is 0 Å². The number of hydrogen-bond acceptors (Lipinski definition) is 4. The lowest BCUT2D eigenvalue weighted by Gasteiger charge is -2.14. The van der Waals surface area contributed by atoms with Gasteiger partial charge in [-0.25, -0.2) is 8.42 Å². The van der Waals surface area contributed by atoms with Crippen LogP contribution in [0.3, 0.4) is 0 Å². The third-order valence-corrected chi connectivity index (χ3v) is 3.35. The number of hydrazine groups is 1. The van der Waals surface area contributed by atoms with Crippen LogP contribution in [0.15, 0.2) is 24.3 Å². The molecule has 90 valence electrons. The zero-order chi connectivity index (χ0) is 12.2. The monoisotopic (exact) mass is 262 g/mol. The Labute approximate surface area is 101 Å². The maximum absolute atomic E-state index is 11.1. The predicted octanol–water partition coefficient (Wildman–Crippen LogP) is 0.759. The number of nitrogens with one attached hydrogen (secondary N) is 1. The lowest BCUT2D eigenvalue weighted by molar-refractivity contribution is 0.546. The van der Waals surface area contributed by atoms with Gasteiger partial charge in [-0.15, -0.1) is 0 Å². The van der Waals surface area contributed by atoms with Gasteiger partial charge in [0.1, 0.15) is 9.84 Å². The molecule has 0 saturated heterocycles. The molecule has 0 radical (unpaired) electrons. The molecule has 1 atom stereocenters. The molecule has 0 fully saturated rings. The van der Waals surface area contributed by atoms with Gasteiger partial charge in [-0.1, -0.05) is 23.7 Å². The van der Waals surface area contributed by atoms with E-state index >= 15 is 0 Å². The fourth-order valence-electron chi connectivity index (χ4n) is 1.48. The molecule has 0 aromatic heterocycles. The lowest BCUT2D eigenvalue weighted by atomic mass is 10.1. The standard InChI is InChI=1S/C10H15ClN2O2S/c1-16(14,15)7-10(13-12)6-8-3-2-4-9(11)5-8/h2-5,10,13H,6-7,12H2,1H3. The molecule has 3 N–H and O–H groups in total. The van der Waals surface area contributed by atoms with E-state index in [4.69, 9.17) is 17.4 Å². The largest absolute Gasteiger partial charge is 0.271 e. The molecule has 0 heterocycles. The highest BCUT2D eigenvalue weighted by atomic mass is 35.5. The average Bonchev–Trinajstić information content (AvgIpc) is 2.14. The Morgan fingerprint density at radius 1 is 1.50 bits per heavy atom. The second-order valence-electron chi connectivity index (χ2n) is 3.79. The number of benzene rings is 1. The van der Waals surface area contributed by atoms with Gasteiger partial charge in [0, 0.05) is 17.3 Å². The first-order valence-corrected chi connectivity index (χ1v) is 7.23. The van der Waals surface area contributed by atoms with Crippen molar-refractivity contribution in [2.45, 2.75) is 12.5 Å². The van der Waals surface area contributed by atoms with E-state index in [-0.39, 0.29) is 11.8 Å². The van der Waals surface area contributed by atoms with Gasteiger partial charge in [-0.2, -0.15) is 0 Å². The Kier molecular flexibility index (Phi) is 4.73. The molecule has 16 heavy (non-hydrogen) atoms. The van der Waals surface area contributed by atoms with Gasteiger partial charge in [0.05, 0.1) is 5.75 Å². The van der Waals surface area contributed by atoms with Crippen molar-refractivity contribution in [1.82, 2.24) is 5.43 Å². The van der Waals surface area contributed by atoms with Crippen LogP contribution in [0.2, 0.25) is 5.02 Å². The lowest BCUT2D eigenvalue weighted by Crippen LogP contribution is -2.41. The van der Waals surface area contributed by atoms with E-state index in [9.17, 15) is 8.42 Å². The van der Waals surface area contributed by atoms with Gasteiger partial charge < -0.3 is 0 Å². The summed E-state index contributed by atoms with van der Waals surface area (Å²) < 4.78 is 22.3. The summed E-state index contributed by atoms with van der Waals surface area (Å²) in [7, 11) is -3.04. The Balaban J connectivity index is 2.70. The van der Waals surface area contributed by atoms with Crippen molar-refractivity contribution < 1.29 is 8.42 Å². The van der Waals surface area contributed by atoms with Gasteiger partial charge in [-0.05, 0) is 24.1 Å². The Hall–Kier alpha value is -0.620. The second-order valence-corrected chi connectivity index (χ2v) is 6.41. The molecule has 0 aliphatic carbocycles. The minimum Gasteiger partial charge on any atom is -0.271 e. The first-order chi connectivity index (χ1) is 7.40. The molecule has 0 aliphatic heterocycles. The van der Waals surface area contributed by atoms with Crippen molar-refractivity contribution in [1.29, 1.82) is 0 Å². The zero-order valence-electron chi connectivity index (χ0n) is 8.98. The molecule has 6 heteroatoms. The van der Waals surface area contributed by atoms with Crippen LogP contribution in [0.25, 0.3) is 0 Å². The van der Waals surface area contributed by atoms with E-state index in [0.29, 0.717) is 11.4 Å². The Bertz CT molecular complexity index is 448. The molecule has 0 amide bonds. The normalized spacial score (nSPS) is 13.7. The molecule has 0 bridgehead atoms. The second kappa shape index (κ2) is 5.63. The Morgan fingerprint density at radius 2 is 2.19 bits per heavy atom. The minimum atomic E-state index is -3.04. The van der Waals surface area contributed by atoms with E-state index < -0.39 is 9.84 Å². The minimum absolute atomic E-state index is 0.00993. The summed E-state index contributed by atoms with van der Waals surface area (Å²) in [5.74, 6) is 5.33. The fourth-order valence-corrected chi connectivity index (χ4v) is 2.64. The Morgan fingerprint density at radius 3 is 2.69 bits per heavy atom. The van der Waals surface area contributed by atoms with Gasteiger partial charge in [0.15, 0.2) is 0 Å². The van der Waals surface area contributed by atoms with Crippen molar-refractivity contribution in [2.75, 3.05) is 12.0 Å². The highest BCUT2D eigenvalue weighted by Crippen LogP contribution is 2.12. The number of halogens is 1. The molecule has 0 saturated carbocycles. The molecule has 1 rings (SSSR count). The van der Waals surface area contributed by atoms with Gasteiger partial charge in [-0.3, -0.25) is 11.3 Å². The van der Waals surface area contributed by atoms with Crippen molar-refractivity contribution >= 4 is 21.4 Å². The van der Waals surface area contributed by atoms with Gasteiger partial charge >= 0.3 is 0 Å². The van der Waals surface area contributed by atoms with Crippen LogP contribution < -0.4 is 11.3 Å². The molecule has 1 aromatic rings. The van der Waals surface area contributed by atoms with Crippen LogP contribution in [0, 0.1) is 0 Å². The summed E-state index contributed by atoms with van der Waals surface area (Å²) in [6.07, 6.45) is 1.72. The summed E-state index contributed by atoms with van der Waals surface area (Å²) in [5.41, 5.74) is 3.46. The van der Waals surface area contributed by atoms with Crippen molar-refractivity contribution in [2.24, 2.45) is 5.84 Å². The maximum atomic E-state index is 11.1. The average molecular weight is 263 g/mol. The van der Waals surface area contributed by atoms with Crippen LogP contribution in [-0.2, 0) is 16.3 Å². The number of rotatable bonds is 5. The predicted molar refractivity (Wildman–Crippen MR) is 66.0 cm³/mol. The highest BCUT2D eigenvalue weighted by molar-refractivity contribution is 7.90. The fraction of sp³-hybridized carbons (Fsp3) is 0.400. The molecule has 1 aromatic carbocycles. The first kappa shape index (κ1) is 13.4. The third-order valence-electron chi connectivity index (χ3n) is 2.11. The molecular weight excluding hydrogens is 248 g/mol. The van der Waals surface area contributed by atoms with E-state index in [1.54, 1.807) is 12.1 Å².